The van der Waals surface area contributed by atoms with Gasteiger partial charge in [0.1, 0.15) is 0 Å². The molecule has 1 N–H and O–H groups in total. The topological polar surface area (TPSA) is 70.7 Å². The minimum absolute atomic E-state index is 0.0292. The van der Waals surface area contributed by atoms with Gasteiger partial charge in [0, 0.05) is 43.9 Å². The van der Waals surface area contributed by atoms with Crippen molar-refractivity contribution < 1.29 is 9.47 Å². The van der Waals surface area contributed by atoms with E-state index in [2.05, 4.69) is 33.8 Å². The quantitative estimate of drug-likeness (QED) is 0.644. The lowest BCUT2D eigenvalue weighted by molar-refractivity contribution is 0.174. The number of fused-ring (bicyclic) bond motifs is 1. The third-order valence-electron chi connectivity index (χ3n) is 6.07. The molecular weight excluding hydrogens is 404 g/mol. The summed E-state index contributed by atoms with van der Waals surface area (Å²) in [6.07, 6.45) is 1.62. The maximum atomic E-state index is 12.9. The zero-order valence-electron chi connectivity index (χ0n) is 18.3. The lowest BCUT2D eigenvalue weighted by atomic mass is 10.0. The van der Waals surface area contributed by atoms with E-state index in [1.807, 2.05) is 36.4 Å². The number of benzene rings is 2. The molecule has 0 amide bonds. The molecule has 0 radical (unpaired) electrons. The van der Waals surface area contributed by atoms with Crippen LogP contribution in [0, 0.1) is 0 Å². The highest BCUT2D eigenvalue weighted by Crippen LogP contribution is 2.33. The van der Waals surface area contributed by atoms with Crippen LogP contribution in [0.25, 0.3) is 11.3 Å². The van der Waals surface area contributed by atoms with E-state index >= 15 is 0 Å². The summed E-state index contributed by atoms with van der Waals surface area (Å²) in [7, 11) is 0. The van der Waals surface area contributed by atoms with Crippen molar-refractivity contribution in [2.45, 2.75) is 26.3 Å². The summed E-state index contributed by atoms with van der Waals surface area (Å²) in [5.41, 5.74) is 3.74. The van der Waals surface area contributed by atoms with Crippen LogP contribution >= 0.6 is 0 Å². The molecule has 32 heavy (non-hydrogen) atoms. The zero-order chi connectivity index (χ0) is 21.9. The lowest BCUT2D eigenvalue weighted by Crippen LogP contribution is -2.47. The number of hydrogen-bond acceptors (Lipinski definition) is 6. The Morgan fingerprint density at radius 1 is 1.00 bits per heavy atom. The molecule has 7 heteroatoms. The van der Waals surface area contributed by atoms with E-state index in [1.54, 1.807) is 0 Å². The normalized spacial score (nSPS) is 15.8. The molecule has 0 saturated carbocycles. The largest absolute Gasteiger partial charge is 0.454 e. The SMILES string of the molecule is CCCc1c(-c2ccccc2)nc(N2CCN(Cc3ccc4c(c3)OCO4)CC2)[nH]c1=O. The summed E-state index contributed by atoms with van der Waals surface area (Å²) in [6.45, 7) is 6.67. The zero-order valence-corrected chi connectivity index (χ0v) is 18.3. The predicted octanol–water partition coefficient (Wildman–Crippen LogP) is 3.44. The molecule has 166 valence electrons. The lowest BCUT2D eigenvalue weighted by Gasteiger charge is -2.35. The molecule has 1 aromatic heterocycles. The highest BCUT2D eigenvalue weighted by molar-refractivity contribution is 5.64. The molecule has 7 nitrogen and oxygen atoms in total. The molecule has 0 spiro atoms. The average Bonchev–Trinajstić information content (AvgIpc) is 3.29. The number of H-pyrrole nitrogens is 1. The van der Waals surface area contributed by atoms with Crippen LogP contribution in [0.2, 0.25) is 0 Å². The summed E-state index contributed by atoms with van der Waals surface area (Å²) in [4.78, 5) is 25.5. The van der Waals surface area contributed by atoms with Gasteiger partial charge in [-0.25, -0.2) is 4.98 Å². The Morgan fingerprint density at radius 2 is 1.78 bits per heavy atom. The van der Waals surface area contributed by atoms with E-state index < -0.39 is 0 Å². The van der Waals surface area contributed by atoms with Gasteiger partial charge in [0.15, 0.2) is 11.5 Å². The monoisotopic (exact) mass is 432 g/mol. The summed E-state index contributed by atoms with van der Waals surface area (Å²) >= 11 is 0. The second-order valence-corrected chi connectivity index (χ2v) is 8.28. The van der Waals surface area contributed by atoms with Crippen molar-refractivity contribution in [3.8, 4) is 22.8 Å². The maximum Gasteiger partial charge on any atom is 0.256 e. The number of nitrogens with one attached hydrogen (secondary N) is 1. The van der Waals surface area contributed by atoms with Crippen molar-refractivity contribution in [2.24, 2.45) is 0 Å². The van der Waals surface area contributed by atoms with Crippen molar-refractivity contribution in [1.82, 2.24) is 14.9 Å². The van der Waals surface area contributed by atoms with Gasteiger partial charge in [-0.15, -0.1) is 0 Å². The number of nitrogens with zero attached hydrogens (tertiary/aromatic N) is 3. The fourth-order valence-electron chi connectivity index (χ4n) is 4.37. The minimum atomic E-state index is -0.0292. The first kappa shape index (κ1) is 20.6. The first-order valence-corrected chi connectivity index (χ1v) is 11.3. The molecule has 0 unspecified atom stereocenters. The highest BCUT2D eigenvalue weighted by Gasteiger charge is 2.22. The van der Waals surface area contributed by atoms with Crippen LogP contribution in [-0.4, -0.2) is 47.8 Å². The smallest absolute Gasteiger partial charge is 0.256 e. The molecular formula is C25H28N4O3. The minimum Gasteiger partial charge on any atom is -0.454 e. The predicted molar refractivity (Wildman–Crippen MR) is 124 cm³/mol. The fourth-order valence-corrected chi connectivity index (χ4v) is 4.37. The molecule has 2 aromatic carbocycles. The number of rotatable bonds is 6. The van der Waals surface area contributed by atoms with Crippen molar-refractivity contribution in [3.05, 3.63) is 70.0 Å². The molecule has 2 aliphatic rings. The van der Waals surface area contributed by atoms with Crippen molar-refractivity contribution in [3.63, 3.8) is 0 Å². The second-order valence-electron chi connectivity index (χ2n) is 8.28. The Bertz CT molecular complexity index is 1140. The van der Waals surface area contributed by atoms with E-state index in [9.17, 15) is 4.79 Å². The molecule has 3 aromatic rings. The molecule has 3 heterocycles. The van der Waals surface area contributed by atoms with E-state index in [-0.39, 0.29) is 5.56 Å². The first-order chi connectivity index (χ1) is 15.7. The van der Waals surface area contributed by atoms with E-state index in [1.165, 1.54) is 5.56 Å². The first-order valence-electron chi connectivity index (χ1n) is 11.3. The van der Waals surface area contributed by atoms with Crippen molar-refractivity contribution in [2.75, 3.05) is 37.9 Å². The van der Waals surface area contributed by atoms with Crippen LogP contribution < -0.4 is 19.9 Å². The molecule has 1 fully saturated rings. The Morgan fingerprint density at radius 3 is 2.56 bits per heavy atom. The summed E-state index contributed by atoms with van der Waals surface area (Å²) < 4.78 is 10.9. The van der Waals surface area contributed by atoms with Gasteiger partial charge in [-0.2, -0.15) is 0 Å². The Balaban J connectivity index is 1.31. The van der Waals surface area contributed by atoms with Crippen LogP contribution in [0.5, 0.6) is 11.5 Å². The van der Waals surface area contributed by atoms with Gasteiger partial charge in [0.2, 0.25) is 12.7 Å². The molecule has 0 aliphatic carbocycles. The van der Waals surface area contributed by atoms with Crippen LogP contribution in [0.4, 0.5) is 5.95 Å². The van der Waals surface area contributed by atoms with E-state index in [0.717, 1.165) is 73.9 Å². The van der Waals surface area contributed by atoms with Crippen LogP contribution in [0.1, 0.15) is 24.5 Å². The molecule has 5 rings (SSSR count). The number of piperazine rings is 1. The number of anilines is 1. The van der Waals surface area contributed by atoms with Crippen molar-refractivity contribution >= 4 is 5.95 Å². The molecule has 1 saturated heterocycles. The third-order valence-corrected chi connectivity index (χ3v) is 6.07. The van der Waals surface area contributed by atoms with Gasteiger partial charge in [-0.05, 0) is 24.1 Å². The standard InChI is InChI=1S/C25H28N4O3/c1-2-6-20-23(19-7-4-3-5-8-19)26-25(27-24(20)30)29-13-11-28(12-14-29)16-18-9-10-21-22(15-18)32-17-31-21/h3-5,7-10,15H,2,6,11-14,16-17H2,1H3,(H,26,27,30). The second kappa shape index (κ2) is 9.04. The average molecular weight is 433 g/mol. The van der Waals surface area contributed by atoms with Gasteiger partial charge < -0.3 is 14.4 Å². The Labute approximate surface area is 187 Å². The van der Waals surface area contributed by atoms with E-state index in [0.29, 0.717) is 12.7 Å². The van der Waals surface area contributed by atoms with Crippen LogP contribution in [0.3, 0.4) is 0 Å². The molecule has 2 aliphatic heterocycles. The summed E-state index contributed by atoms with van der Waals surface area (Å²) in [5, 5.41) is 0. The van der Waals surface area contributed by atoms with Gasteiger partial charge >= 0.3 is 0 Å². The number of ether oxygens (including phenoxy) is 2. The third kappa shape index (κ3) is 4.21. The molecule has 0 bridgehead atoms. The van der Waals surface area contributed by atoms with Gasteiger partial charge in [-0.3, -0.25) is 14.7 Å². The Hall–Kier alpha value is -3.32. The number of hydrogen-bond donors (Lipinski definition) is 1. The van der Waals surface area contributed by atoms with Gasteiger partial charge in [0.25, 0.3) is 5.56 Å². The van der Waals surface area contributed by atoms with Crippen LogP contribution in [-0.2, 0) is 13.0 Å². The van der Waals surface area contributed by atoms with E-state index in [4.69, 9.17) is 14.5 Å². The Kier molecular flexibility index (Phi) is 5.81. The number of aromatic amines is 1. The van der Waals surface area contributed by atoms with Crippen molar-refractivity contribution in [1.29, 1.82) is 0 Å². The summed E-state index contributed by atoms with van der Waals surface area (Å²) in [5.74, 6) is 2.30. The van der Waals surface area contributed by atoms with Gasteiger partial charge in [-0.1, -0.05) is 49.7 Å². The van der Waals surface area contributed by atoms with Gasteiger partial charge in [0.05, 0.1) is 5.69 Å². The van der Waals surface area contributed by atoms with Crippen LogP contribution in [0.15, 0.2) is 53.3 Å². The maximum absolute atomic E-state index is 12.9. The summed E-state index contributed by atoms with van der Waals surface area (Å²) in [6, 6.07) is 16.1. The fraction of sp³-hybridized carbons (Fsp3) is 0.360. The number of aromatic nitrogens is 2. The highest BCUT2D eigenvalue weighted by atomic mass is 16.7. The molecule has 0 atom stereocenters.